The van der Waals surface area contributed by atoms with Crippen LogP contribution in [0.25, 0.3) is 5.57 Å². The molecule has 0 heterocycles. The summed E-state index contributed by atoms with van der Waals surface area (Å²) in [6.07, 6.45) is 5.79. The van der Waals surface area contributed by atoms with Gasteiger partial charge in [-0.25, -0.2) is 0 Å². The minimum absolute atomic E-state index is 0.0269. The van der Waals surface area contributed by atoms with Gasteiger partial charge in [0.25, 0.3) is 8.32 Å². The summed E-state index contributed by atoms with van der Waals surface area (Å²) in [5.74, 6) is 0. The van der Waals surface area contributed by atoms with Crippen LogP contribution in [0, 0.1) is 0 Å². The second kappa shape index (κ2) is 8.75. The third-order valence-electron chi connectivity index (χ3n) is 6.27. The third-order valence-corrected chi connectivity index (χ3v) is 11.4. The van der Waals surface area contributed by atoms with Crippen molar-refractivity contribution in [3.63, 3.8) is 0 Å². The molecule has 1 aliphatic rings. The molecule has 4 rings (SSSR count). The van der Waals surface area contributed by atoms with E-state index in [2.05, 4.69) is 118 Å². The van der Waals surface area contributed by atoms with Crippen molar-refractivity contribution in [1.82, 2.24) is 0 Å². The first-order valence-electron chi connectivity index (χ1n) is 11.0. The van der Waals surface area contributed by atoms with E-state index < -0.39 is 8.32 Å². The summed E-state index contributed by atoms with van der Waals surface area (Å²) in [5.41, 5.74) is 2.80. The van der Waals surface area contributed by atoms with Gasteiger partial charge in [-0.2, -0.15) is 0 Å². The van der Waals surface area contributed by atoms with Crippen LogP contribution in [0.2, 0.25) is 5.04 Å². The largest absolute Gasteiger partial charge is 0.404 e. The zero-order chi connectivity index (χ0) is 21.0. The Kier molecular flexibility index (Phi) is 6.08. The van der Waals surface area contributed by atoms with E-state index in [9.17, 15) is 0 Å². The molecule has 3 aromatic rings. The Morgan fingerprint density at radius 3 is 1.67 bits per heavy atom. The van der Waals surface area contributed by atoms with Gasteiger partial charge in [0.2, 0.25) is 0 Å². The van der Waals surface area contributed by atoms with E-state index in [0.717, 1.165) is 19.3 Å². The van der Waals surface area contributed by atoms with Gasteiger partial charge < -0.3 is 4.43 Å². The molecule has 0 spiro atoms. The second-order valence-electron chi connectivity index (χ2n) is 9.27. The molecular weight excluding hydrogens is 380 g/mol. The highest BCUT2D eigenvalue weighted by atomic mass is 28.4. The first-order valence-corrected chi connectivity index (χ1v) is 12.9. The second-order valence-corrected chi connectivity index (χ2v) is 13.5. The van der Waals surface area contributed by atoms with Gasteiger partial charge in [-0.15, -0.1) is 0 Å². The van der Waals surface area contributed by atoms with E-state index >= 15 is 0 Å². The number of hydrogen-bond acceptors (Lipinski definition) is 1. The normalized spacial score (nSPS) is 17.4. The minimum atomic E-state index is -2.47. The number of rotatable bonds is 5. The van der Waals surface area contributed by atoms with Gasteiger partial charge in [-0.1, -0.05) is 118 Å². The van der Waals surface area contributed by atoms with E-state index in [1.165, 1.54) is 21.5 Å². The van der Waals surface area contributed by atoms with Crippen LogP contribution in [0.4, 0.5) is 0 Å². The lowest BCUT2D eigenvalue weighted by atomic mass is 9.92. The Balaban J connectivity index is 1.70. The molecule has 1 unspecified atom stereocenters. The summed E-state index contributed by atoms with van der Waals surface area (Å²) >= 11 is 0. The fourth-order valence-corrected chi connectivity index (χ4v) is 9.50. The van der Waals surface area contributed by atoms with Crippen LogP contribution in [0.5, 0.6) is 0 Å². The predicted octanol–water partition coefficient (Wildman–Crippen LogP) is 6.20. The van der Waals surface area contributed by atoms with E-state index in [-0.39, 0.29) is 11.1 Å². The fourth-order valence-electron chi connectivity index (χ4n) is 4.77. The molecule has 0 aromatic heterocycles. The van der Waals surface area contributed by atoms with Crippen molar-refractivity contribution in [3.8, 4) is 0 Å². The molecule has 1 aliphatic carbocycles. The van der Waals surface area contributed by atoms with Crippen LogP contribution in [-0.2, 0) is 4.43 Å². The maximum absolute atomic E-state index is 7.29. The Bertz CT molecular complexity index is 932. The standard InChI is InChI=1S/C28H32OSi/c1-28(2,3)30(26-15-9-5-10-16-26,27-17-11-6-12-18-27)29-25-21-19-24(20-22-25)23-13-7-4-8-14-23/h4-19,25H,20-22H2,1-3H3. The molecule has 0 radical (unpaired) electrons. The zero-order valence-electron chi connectivity index (χ0n) is 18.3. The highest BCUT2D eigenvalue weighted by Crippen LogP contribution is 2.39. The number of benzene rings is 3. The smallest absolute Gasteiger partial charge is 0.261 e. The monoisotopic (exact) mass is 412 g/mol. The topological polar surface area (TPSA) is 9.23 Å². The quantitative estimate of drug-likeness (QED) is 0.453. The van der Waals surface area contributed by atoms with Crippen molar-refractivity contribution >= 4 is 24.3 Å². The molecular formula is C28H32OSi. The number of hydrogen-bond donors (Lipinski definition) is 0. The molecule has 0 amide bonds. The average molecular weight is 413 g/mol. The molecule has 0 aliphatic heterocycles. The molecule has 3 aromatic carbocycles. The van der Waals surface area contributed by atoms with Crippen molar-refractivity contribution in [2.24, 2.45) is 0 Å². The molecule has 0 bridgehead atoms. The summed E-state index contributed by atoms with van der Waals surface area (Å²) < 4.78 is 7.29. The van der Waals surface area contributed by atoms with E-state index in [4.69, 9.17) is 4.43 Å². The van der Waals surface area contributed by atoms with Crippen molar-refractivity contribution in [2.75, 3.05) is 0 Å². The van der Waals surface area contributed by atoms with E-state index in [1.807, 2.05) is 0 Å². The Morgan fingerprint density at radius 1 is 0.733 bits per heavy atom. The minimum Gasteiger partial charge on any atom is -0.404 e. The van der Waals surface area contributed by atoms with Gasteiger partial charge in [0, 0.05) is 6.10 Å². The molecule has 0 saturated heterocycles. The predicted molar refractivity (Wildman–Crippen MR) is 131 cm³/mol. The Labute approximate surface area is 182 Å². The van der Waals surface area contributed by atoms with Crippen LogP contribution in [0.15, 0.2) is 97.1 Å². The van der Waals surface area contributed by atoms with Crippen LogP contribution >= 0.6 is 0 Å². The van der Waals surface area contributed by atoms with Gasteiger partial charge >= 0.3 is 0 Å². The molecule has 0 saturated carbocycles. The van der Waals surface area contributed by atoms with Gasteiger partial charge in [0.15, 0.2) is 0 Å². The first kappa shape index (κ1) is 20.8. The average Bonchev–Trinajstić information content (AvgIpc) is 2.79. The van der Waals surface area contributed by atoms with Crippen LogP contribution in [0.1, 0.15) is 45.6 Å². The van der Waals surface area contributed by atoms with Gasteiger partial charge in [0.1, 0.15) is 0 Å². The molecule has 30 heavy (non-hydrogen) atoms. The summed E-state index contributed by atoms with van der Waals surface area (Å²) in [4.78, 5) is 0. The molecule has 1 atom stereocenters. The lowest BCUT2D eigenvalue weighted by Crippen LogP contribution is -2.67. The fraction of sp³-hybridized carbons (Fsp3) is 0.286. The van der Waals surface area contributed by atoms with Gasteiger partial charge in [-0.3, -0.25) is 0 Å². The van der Waals surface area contributed by atoms with Crippen molar-refractivity contribution in [1.29, 1.82) is 0 Å². The molecule has 1 nitrogen and oxygen atoms in total. The maximum atomic E-state index is 7.29. The highest BCUT2D eigenvalue weighted by molar-refractivity contribution is 6.99. The molecule has 2 heteroatoms. The maximum Gasteiger partial charge on any atom is 0.261 e. The number of allylic oxidation sites excluding steroid dienone is 1. The third kappa shape index (κ3) is 4.07. The Hall–Kier alpha value is -2.42. The zero-order valence-corrected chi connectivity index (χ0v) is 19.3. The SMILES string of the molecule is CC(C)(C)[Si](OC1CC=C(c2ccccc2)CC1)(c1ccccc1)c1ccccc1. The summed E-state index contributed by atoms with van der Waals surface area (Å²) in [7, 11) is -2.47. The van der Waals surface area contributed by atoms with Crippen LogP contribution in [0.3, 0.4) is 0 Å². The van der Waals surface area contributed by atoms with Gasteiger partial charge in [0.05, 0.1) is 0 Å². The lowest BCUT2D eigenvalue weighted by Gasteiger charge is -2.45. The van der Waals surface area contributed by atoms with Crippen molar-refractivity contribution in [2.45, 2.75) is 51.2 Å². The summed E-state index contributed by atoms with van der Waals surface area (Å²) in [5, 5.41) is 2.75. The summed E-state index contributed by atoms with van der Waals surface area (Å²) in [6.45, 7) is 7.06. The van der Waals surface area contributed by atoms with Crippen molar-refractivity contribution < 1.29 is 4.43 Å². The Morgan fingerprint density at radius 2 is 1.23 bits per heavy atom. The van der Waals surface area contributed by atoms with Crippen molar-refractivity contribution in [3.05, 3.63) is 103 Å². The summed E-state index contributed by atoms with van der Waals surface area (Å²) in [6, 6.07) is 32.7. The molecule has 0 fully saturated rings. The van der Waals surface area contributed by atoms with Crippen LogP contribution in [-0.4, -0.2) is 14.4 Å². The first-order chi connectivity index (χ1) is 14.5. The highest BCUT2D eigenvalue weighted by Gasteiger charge is 2.51. The molecule has 154 valence electrons. The van der Waals surface area contributed by atoms with E-state index in [0.29, 0.717) is 0 Å². The van der Waals surface area contributed by atoms with E-state index in [1.54, 1.807) is 0 Å². The lowest BCUT2D eigenvalue weighted by molar-refractivity contribution is 0.178. The van der Waals surface area contributed by atoms with Gasteiger partial charge in [-0.05, 0) is 45.8 Å². The molecule has 0 N–H and O–H groups in total. The van der Waals surface area contributed by atoms with Crippen LogP contribution < -0.4 is 10.4 Å².